The van der Waals surface area contributed by atoms with Crippen molar-refractivity contribution in [2.45, 2.75) is 39.3 Å². The summed E-state index contributed by atoms with van der Waals surface area (Å²) in [4.78, 5) is 4.93. The molecule has 0 unspecified atom stereocenters. The average Bonchev–Trinajstić information content (AvgIpc) is 3.23. The summed E-state index contributed by atoms with van der Waals surface area (Å²) in [5, 5.41) is 5.69. The molecule has 5 aromatic rings. The number of imidazole rings is 1. The van der Waals surface area contributed by atoms with Gasteiger partial charge in [0.05, 0.1) is 31.8 Å². The van der Waals surface area contributed by atoms with E-state index in [-0.39, 0.29) is 5.41 Å². The second kappa shape index (κ2) is 9.57. The van der Waals surface area contributed by atoms with E-state index in [9.17, 15) is 0 Å². The highest BCUT2D eigenvalue weighted by Crippen LogP contribution is 2.35. The summed E-state index contributed by atoms with van der Waals surface area (Å²) in [5.41, 5.74) is 5.91. The van der Waals surface area contributed by atoms with Crippen LogP contribution in [0.25, 0.3) is 21.8 Å². The molecule has 1 aromatic heterocycles. The Morgan fingerprint density at radius 2 is 1.56 bits per heavy atom. The Morgan fingerprint density at radius 3 is 2.28 bits per heavy atom. The Bertz CT molecular complexity index is 1510. The zero-order chi connectivity index (χ0) is 25.3. The van der Waals surface area contributed by atoms with Crippen molar-refractivity contribution in [2.75, 3.05) is 19.5 Å². The molecule has 5 nitrogen and oxygen atoms in total. The molecule has 5 rings (SSSR count). The molecule has 0 aliphatic rings. The monoisotopic (exact) mass is 479 g/mol. The molecule has 4 aromatic carbocycles. The molecule has 1 heterocycles. The van der Waals surface area contributed by atoms with Gasteiger partial charge in [0, 0.05) is 17.3 Å². The van der Waals surface area contributed by atoms with Crippen LogP contribution in [0.2, 0.25) is 0 Å². The van der Waals surface area contributed by atoms with Crippen LogP contribution in [0, 0.1) is 0 Å². The number of rotatable bonds is 7. The maximum atomic E-state index is 5.70. The van der Waals surface area contributed by atoms with E-state index >= 15 is 0 Å². The summed E-state index contributed by atoms with van der Waals surface area (Å²) in [6.07, 6.45) is 0. The number of aromatic nitrogens is 2. The van der Waals surface area contributed by atoms with Crippen molar-refractivity contribution in [1.29, 1.82) is 0 Å². The van der Waals surface area contributed by atoms with E-state index in [0.717, 1.165) is 51.4 Å². The van der Waals surface area contributed by atoms with Gasteiger partial charge in [0.2, 0.25) is 5.95 Å². The van der Waals surface area contributed by atoms with Crippen molar-refractivity contribution in [2.24, 2.45) is 0 Å². The summed E-state index contributed by atoms with van der Waals surface area (Å²) in [7, 11) is 3.40. The normalized spacial score (nSPS) is 11.7. The molecular weight excluding hydrogens is 446 g/mol. The number of fused-ring (bicyclic) bond motifs is 2. The Kier molecular flexibility index (Phi) is 6.31. The maximum absolute atomic E-state index is 5.70. The van der Waals surface area contributed by atoms with Gasteiger partial charge in [-0.3, -0.25) is 0 Å². The highest BCUT2D eigenvalue weighted by molar-refractivity contribution is 5.96. The SMILES string of the molecule is COc1ccc(CNc2nc3ccccc3n2Cc2ccc(C(C)(C)C)cc2)c2c(OC)cccc12. The maximum Gasteiger partial charge on any atom is 0.204 e. The second-order valence-corrected chi connectivity index (χ2v) is 10.1. The lowest BCUT2D eigenvalue weighted by atomic mass is 9.87. The summed E-state index contributed by atoms with van der Waals surface area (Å²) in [6.45, 7) is 8.06. The molecule has 0 spiro atoms. The molecular formula is C31H33N3O2. The first kappa shape index (κ1) is 23.7. The van der Waals surface area contributed by atoms with Crippen LogP contribution >= 0.6 is 0 Å². The smallest absolute Gasteiger partial charge is 0.204 e. The first-order valence-corrected chi connectivity index (χ1v) is 12.3. The third-order valence-electron chi connectivity index (χ3n) is 6.74. The number of benzene rings is 4. The molecule has 0 amide bonds. The van der Waals surface area contributed by atoms with Crippen LogP contribution in [-0.4, -0.2) is 23.8 Å². The van der Waals surface area contributed by atoms with E-state index < -0.39 is 0 Å². The minimum Gasteiger partial charge on any atom is -0.496 e. The summed E-state index contributed by atoms with van der Waals surface area (Å²) < 4.78 is 13.6. The minimum absolute atomic E-state index is 0.134. The van der Waals surface area contributed by atoms with Gasteiger partial charge < -0.3 is 19.4 Å². The van der Waals surface area contributed by atoms with Gasteiger partial charge in [0.15, 0.2) is 0 Å². The highest BCUT2D eigenvalue weighted by atomic mass is 16.5. The second-order valence-electron chi connectivity index (χ2n) is 10.1. The molecule has 0 bridgehead atoms. The number of anilines is 1. The van der Waals surface area contributed by atoms with Gasteiger partial charge in [-0.05, 0) is 46.4 Å². The summed E-state index contributed by atoms with van der Waals surface area (Å²) in [5.74, 6) is 2.50. The molecule has 184 valence electrons. The molecule has 0 atom stereocenters. The van der Waals surface area contributed by atoms with E-state index in [0.29, 0.717) is 6.54 Å². The predicted molar refractivity (Wildman–Crippen MR) is 148 cm³/mol. The number of para-hydroxylation sites is 2. The van der Waals surface area contributed by atoms with E-state index in [2.05, 4.69) is 85.3 Å². The number of hydrogen-bond acceptors (Lipinski definition) is 4. The summed E-state index contributed by atoms with van der Waals surface area (Å²) in [6, 6.07) is 27.3. The molecule has 0 saturated carbocycles. The van der Waals surface area contributed by atoms with E-state index in [1.165, 1.54) is 11.1 Å². The summed E-state index contributed by atoms with van der Waals surface area (Å²) >= 11 is 0. The Labute approximate surface area is 212 Å². The van der Waals surface area contributed by atoms with Crippen LogP contribution < -0.4 is 14.8 Å². The quantitative estimate of drug-likeness (QED) is 0.269. The van der Waals surface area contributed by atoms with Gasteiger partial charge in [-0.2, -0.15) is 0 Å². The standard InChI is InChI=1S/C31H33N3O2/c1-31(2,3)23-16-13-21(14-17-23)20-34-26-11-7-6-10-25(26)33-30(34)32-19-22-15-18-27(35-4)24-9-8-12-28(36-5)29(22)24/h6-18H,19-20H2,1-5H3,(H,32,33). The van der Waals surface area contributed by atoms with Gasteiger partial charge in [0.25, 0.3) is 0 Å². The molecule has 0 radical (unpaired) electrons. The van der Waals surface area contributed by atoms with Crippen LogP contribution in [0.15, 0.2) is 78.9 Å². The van der Waals surface area contributed by atoms with Crippen LogP contribution in [0.3, 0.4) is 0 Å². The van der Waals surface area contributed by atoms with E-state index in [1.54, 1.807) is 14.2 Å². The van der Waals surface area contributed by atoms with E-state index in [1.807, 2.05) is 24.3 Å². The number of nitrogens with one attached hydrogen (secondary N) is 1. The zero-order valence-electron chi connectivity index (χ0n) is 21.6. The van der Waals surface area contributed by atoms with Crippen LogP contribution in [-0.2, 0) is 18.5 Å². The predicted octanol–water partition coefficient (Wildman–Crippen LogP) is 7.16. The first-order chi connectivity index (χ1) is 17.4. The van der Waals surface area contributed by atoms with Gasteiger partial charge >= 0.3 is 0 Å². The fourth-order valence-corrected chi connectivity index (χ4v) is 4.75. The lowest BCUT2D eigenvalue weighted by Gasteiger charge is -2.19. The molecule has 1 N–H and O–H groups in total. The number of methoxy groups -OCH3 is 2. The molecule has 0 aliphatic carbocycles. The minimum atomic E-state index is 0.134. The molecule has 5 heteroatoms. The highest BCUT2D eigenvalue weighted by Gasteiger charge is 2.16. The molecule has 0 fully saturated rings. The fraction of sp³-hybridized carbons (Fsp3) is 0.258. The number of nitrogens with zero attached hydrogens (tertiary/aromatic N) is 2. The van der Waals surface area contributed by atoms with Gasteiger partial charge in [-0.1, -0.05) is 75.4 Å². The fourth-order valence-electron chi connectivity index (χ4n) is 4.75. The van der Waals surface area contributed by atoms with Crippen molar-refractivity contribution in [3.05, 3.63) is 95.6 Å². The topological polar surface area (TPSA) is 48.3 Å². The van der Waals surface area contributed by atoms with Crippen LogP contribution in [0.4, 0.5) is 5.95 Å². The van der Waals surface area contributed by atoms with Crippen LogP contribution in [0.5, 0.6) is 11.5 Å². The lowest BCUT2D eigenvalue weighted by molar-refractivity contribution is 0.415. The molecule has 0 aliphatic heterocycles. The van der Waals surface area contributed by atoms with Crippen LogP contribution in [0.1, 0.15) is 37.5 Å². The van der Waals surface area contributed by atoms with Gasteiger partial charge in [-0.15, -0.1) is 0 Å². The number of ether oxygens (including phenoxy) is 2. The van der Waals surface area contributed by atoms with Crippen molar-refractivity contribution in [3.8, 4) is 11.5 Å². The van der Waals surface area contributed by atoms with Gasteiger partial charge in [0.1, 0.15) is 11.5 Å². The molecule has 36 heavy (non-hydrogen) atoms. The Morgan fingerprint density at radius 1 is 0.806 bits per heavy atom. The van der Waals surface area contributed by atoms with Crippen molar-refractivity contribution >= 4 is 27.8 Å². The molecule has 0 saturated heterocycles. The number of hydrogen-bond donors (Lipinski definition) is 1. The first-order valence-electron chi connectivity index (χ1n) is 12.3. The Hall–Kier alpha value is -3.99. The third kappa shape index (κ3) is 4.49. The largest absolute Gasteiger partial charge is 0.496 e. The lowest BCUT2D eigenvalue weighted by Crippen LogP contribution is -2.12. The van der Waals surface area contributed by atoms with E-state index in [4.69, 9.17) is 14.5 Å². The zero-order valence-corrected chi connectivity index (χ0v) is 21.6. The average molecular weight is 480 g/mol. The van der Waals surface area contributed by atoms with Crippen molar-refractivity contribution in [1.82, 2.24) is 9.55 Å². The third-order valence-corrected chi connectivity index (χ3v) is 6.74. The Balaban J connectivity index is 1.50. The van der Waals surface area contributed by atoms with Crippen molar-refractivity contribution < 1.29 is 9.47 Å². The van der Waals surface area contributed by atoms with Crippen molar-refractivity contribution in [3.63, 3.8) is 0 Å². The van der Waals surface area contributed by atoms with Gasteiger partial charge in [-0.25, -0.2) is 4.98 Å².